The van der Waals surface area contributed by atoms with E-state index in [0.29, 0.717) is 32.2 Å². The Kier molecular flexibility index (Phi) is 5.61. The van der Waals surface area contributed by atoms with Gasteiger partial charge in [0.2, 0.25) is 5.91 Å². The molecule has 0 aliphatic rings. The Labute approximate surface area is 202 Å². The third-order valence-corrected chi connectivity index (χ3v) is 6.37. The molecule has 0 radical (unpaired) electrons. The van der Waals surface area contributed by atoms with E-state index in [-0.39, 0.29) is 17.2 Å². The number of benzene rings is 2. The third kappa shape index (κ3) is 4.05. The van der Waals surface area contributed by atoms with E-state index in [4.69, 9.17) is 11.6 Å². The molecule has 0 saturated heterocycles. The van der Waals surface area contributed by atoms with Crippen molar-refractivity contribution in [3.8, 4) is 39.3 Å². The molecule has 0 atom stereocenters. The van der Waals surface area contributed by atoms with Crippen molar-refractivity contribution in [1.82, 2.24) is 15.0 Å². The Bertz CT molecular complexity index is 1600. The molecule has 2 aromatic carbocycles. The van der Waals surface area contributed by atoms with Crippen molar-refractivity contribution in [3.05, 3.63) is 81.7 Å². The number of carbonyl (C=O) groups excluding carboxylic acids is 1. The number of aromatic amines is 1. The van der Waals surface area contributed by atoms with Gasteiger partial charge in [-0.25, -0.2) is 4.98 Å². The highest BCUT2D eigenvalue weighted by Crippen LogP contribution is 2.38. The van der Waals surface area contributed by atoms with Crippen LogP contribution in [0.3, 0.4) is 0 Å². The van der Waals surface area contributed by atoms with Crippen LogP contribution in [0.1, 0.15) is 6.92 Å². The Morgan fingerprint density at radius 2 is 1.88 bits per heavy atom. The smallest absolute Gasteiger partial charge is 0.260 e. The maximum atomic E-state index is 12.6. The zero-order chi connectivity index (χ0) is 23.8. The first-order valence-electron chi connectivity index (χ1n) is 10.2. The molecule has 3 N–H and O–H groups in total. The van der Waals surface area contributed by atoms with Crippen LogP contribution < -0.4 is 10.9 Å². The van der Waals surface area contributed by atoms with Gasteiger partial charge in [0.05, 0.1) is 21.8 Å². The highest BCUT2D eigenvalue weighted by atomic mass is 35.5. The molecule has 3 heterocycles. The number of hydrogen-bond donors (Lipinski definition) is 3. The summed E-state index contributed by atoms with van der Waals surface area (Å²) in [5.74, 6) is -0.298. The molecule has 0 aliphatic carbocycles. The lowest BCUT2D eigenvalue weighted by Gasteiger charge is -2.11. The Morgan fingerprint density at radius 3 is 2.59 bits per heavy atom. The average Bonchev–Trinajstić information content (AvgIpc) is 3.27. The Morgan fingerprint density at radius 1 is 1.12 bits per heavy atom. The molecule has 0 unspecified atom stereocenters. The summed E-state index contributed by atoms with van der Waals surface area (Å²) in [6, 6.07) is 14.5. The van der Waals surface area contributed by atoms with Gasteiger partial charge in [0.25, 0.3) is 5.56 Å². The molecule has 9 heteroatoms. The number of halogens is 1. The monoisotopic (exact) mass is 488 g/mol. The highest BCUT2D eigenvalue weighted by molar-refractivity contribution is 7.14. The molecule has 34 heavy (non-hydrogen) atoms. The first-order chi connectivity index (χ1) is 16.4. The van der Waals surface area contributed by atoms with E-state index in [1.165, 1.54) is 24.5 Å². The molecular formula is C25H17ClN4O3S. The molecular weight excluding hydrogens is 472 g/mol. The van der Waals surface area contributed by atoms with Crippen LogP contribution in [0.25, 0.3) is 44.4 Å². The van der Waals surface area contributed by atoms with Gasteiger partial charge in [-0.1, -0.05) is 41.9 Å². The van der Waals surface area contributed by atoms with E-state index in [2.05, 4.69) is 20.3 Å². The number of pyridine rings is 2. The maximum absolute atomic E-state index is 12.6. The van der Waals surface area contributed by atoms with Crippen LogP contribution in [0.15, 0.2) is 71.1 Å². The van der Waals surface area contributed by atoms with Crippen LogP contribution >= 0.6 is 22.9 Å². The van der Waals surface area contributed by atoms with Gasteiger partial charge in [0.1, 0.15) is 5.75 Å². The number of rotatable bonds is 4. The topological polar surface area (TPSA) is 108 Å². The molecule has 3 aromatic heterocycles. The third-order valence-electron chi connectivity index (χ3n) is 5.30. The fourth-order valence-electron chi connectivity index (χ4n) is 3.73. The van der Waals surface area contributed by atoms with Crippen molar-refractivity contribution in [2.45, 2.75) is 6.92 Å². The normalized spacial score (nSPS) is 11.0. The summed E-state index contributed by atoms with van der Waals surface area (Å²) in [4.78, 5) is 35.1. The predicted molar refractivity (Wildman–Crippen MR) is 135 cm³/mol. The fourth-order valence-corrected chi connectivity index (χ4v) is 4.77. The minimum Gasteiger partial charge on any atom is -0.506 e. The largest absolute Gasteiger partial charge is 0.506 e. The Hall–Kier alpha value is -4.01. The predicted octanol–water partition coefficient (Wildman–Crippen LogP) is 5.70. The van der Waals surface area contributed by atoms with Gasteiger partial charge in [0, 0.05) is 46.8 Å². The second kappa shape index (κ2) is 8.74. The van der Waals surface area contributed by atoms with Crippen molar-refractivity contribution >= 4 is 44.9 Å². The maximum Gasteiger partial charge on any atom is 0.260 e. The summed E-state index contributed by atoms with van der Waals surface area (Å²) in [5.41, 5.74) is 3.87. The molecule has 1 amide bonds. The number of aromatic hydroxyl groups is 1. The fraction of sp³-hybridized carbons (Fsp3) is 0.0400. The lowest BCUT2D eigenvalue weighted by atomic mass is 9.99. The number of thiazole rings is 1. The van der Waals surface area contributed by atoms with E-state index in [1.807, 2.05) is 29.6 Å². The van der Waals surface area contributed by atoms with E-state index >= 15 is 0 Å². The summed E-state index contributed by atoms with van der Waals surface area (Å²) in [5, 5.41) is 17.0. The van der Waals surface area contributed by atoms with Crippen LogP contribution in [0, 0.1) is 0 Å². The van der Waals surface area contributed by atoms with Crippen molar-refractivity contribution in [1.29, 1.82) is 0 Å². The first-order valence-corrected chi connectivity index (χ1v) is 11.5. The SMILES string of the molecule is CC(=O)Nc1nc(-c2ccc(-c3cc4c(O)c(-c5cccnc5)c(=O)[nH]c4cc3Cl)cc2)cs1. The molecule has 5 rings (SSSR count). The van der Waals surface area contributed by atoms with Gasteiger partial charge < -0.3 is 15.4 Å². The minimum atomic E-state index is -0.423. The van der Waals surface area contributed by atoms with Crippen LogP contribution in [0.5, 0.6) is 5.75 Å². The van der Waals surface area contributed by atoms with Crippen molar-refractivity contribution in [2.24, 2.45) is 0 Å². The number of carbonyl (C=O) groups is 1. The molecule has 168 valence electrons. The molecule has 0 aliphatic heterocycles. The van der Waals surface area contributed by atoms with Gasteiger partial charge in [-0.05, 0) is 23.8 Å². The van der Waals surface area contributed by atoms with Crippen molar-refractivity contribution < 1.29 is 9.90 Å². The molecule has 0 fully saturated rings. The van der Waals surface area contributed by atoms with Crippen LogP contribution in [0.4, 0.5) is 5.13 Å². The number of anilines is 1. The number of amides is 1. The van der Waals surface area contributed by atoms with Crippen molar-refractivity contribution in [3.63, 3.8) is 0 Å². The quantitative estimate of drug-likeness (QED) is 0.301. The van der Waals surface area contributed by atoms with E-state index in [1.54, 1.807) is 30.5 Å². The summed E-state index contributed by atoms with van der Waals surface area (Å²) in [7, 11) is 0. The van der Waals surface area contributed by atoms with Crippen LogP contribution in [0.2, 0.25) is 5.02 Å². The van der Waals surface area contributed by atoms with E-state index < -0.39 is 5.56 Å². The molecule has 5 aromatic rings. The summed E-state index contributed by atoms with van der Waals surface area (Å²) in [6.45, 7) is 1.44. The number of nitrogens with zero attached hydrogens (tertiary/aromatic N) is 2. The van der Waals surface area contributed by atoms with Gasteiger partial charge >= 0.3 is 0 Å². The number of nitrogens with one attached hydrogen (secondary N) is 2. The van der Waals surface area contributed by atoms with Gasteiger partial charge in [0.15, 0.2) is 5.13 Å². The summed E-state index contributed by atoms with van der Waals surface area (Å²) >= 11 is 7.90. The Balaban J connectivity index is 1.56. The number of aromatic nitrogens is 3. The lowest BCUT2D eigenvalue weighted by Crippen LogP contribution is -2.09. The van der Waals surface area contributed by atoms with Gasteiger partial charge in [-0.3, -0.25) is 14.6 Å². The van der Waals surface area contributed by atoms with E-state index in [0.717, 1.165) is 16.8 Å². The summed E-state index contributed by atoms with van der Waals surface area (Å²) in [6.07, 6.45) is 3.13. The second-order valence-corrected chi connectivity index (χ2v) is 8.86. The zero-order valence-corrected chi connectivity index (χ0v) is 19.4. The molecule has 0 bridgehead atoms. The number of hydrogen-bond acceptors (Lipinski definition) is 6. The lowest BCUT2D eigenvalue weighted by molar-refractivity contribution is -0.114. The molecule has 0 saturated carbocycles. The number of fused-ring (bicyclic) bond motifs is 1. The minimum absolute atomic E-state index is 0.130. The first kappa shape index (κ1) is 21.8. The average molecular weight is 489 g/mol. The van der Waals surface area contributed by atoms with E-state index in [9.17, 15) is 14.7 Å². The zero-order valence-electron chi connectivity index (χ0n) is 17.8. The summed E-state index contributed by atoms with van der Waals surface area (Å²) < 4.78 is 0. The molecule has 7 nitrogen and oxygen atoms in total. The molecule has 0 spiro atoms. The second-order valence-electron chi connectivity index (χ2n) is 7.59. The van der Waals surface area contributed by atoms with Crippen LogP contribution in [-0.2, 0) is 4.79 Å². The standard InChI is InChI=1S/C25H17ClN4O3S/c1-13(31)28-25-30-21(12-34-25)15-6-4-14(5-7-15)17-9-18-20(10-19(17)26)29-24(33)22(23(18)32)16-3-2-8-27-11-16/h2-12H,1H3,(H,28,30,31)(H2,29,32,33). The highest BCUT2D eigenvalue weighted by Gasteiger charge is 2.17. The number of H-pyrrole nitrogens is 1. The van der Waals surface area contributed by atoms with Crippen molar-refractivity contribution in [2.75, 3.05) is 5.32 Å². The van der Waals surface area contributed by atoms with Crippen LogP contribution in [-0.4, -0.2) is 26.0 Å². The van der Waals surface area contributed by atoms with Gasteiger partial charge in [-0.15, -0.1) is 11.3 Å². The van der Waals surface area contributed by atoms with Gasteiger partial charge in [-0.2, -0.15) is 0 Å².